The van der Waals surface area contributed by atoms with Gasteiger partial charge in [-0.1, -0.05) is 6.92 Å². The Labute approximate surface area is 173 Å². The first-order valence-corrected chi connectivity index (χ1v) is 9.64. The first kappa shape index (κ1) is 24.1. The van der Waals surface area contributed by atoms with Crippen LogP contribution in [0.15, 0.2) is 10.4 Å². The minimum Gasteiger partial charge on any atom is -0.357 e. The fraction of sp³-hybridized carbons (Fsp3) is 0.706. The van der Waals surface area contributed by atoms with Gasteiger partial charge in [-0.3, -0.25) is 9.79 Å². The summed E-state index contributed by atoms with van der Waals surface area (Å²) in [6, 6.07) is 0. The number of guanidine groups is 1. The third-order valence-corrected chi connectivity index (χ3v) is 4.76. The Hall–Kier alpha value is -0.900. The van der Waals surface area contributed by atoms with E-state index in [4.69, 9.17) is 0 Å². The fourth-order valence-corrected chi connectivity index (χ4v) is 3.11. The van der Waals surface area contributed by atoms with Crippen LogP contribution < -0.4 is 5.32 Å². The van der Waals surface area contributed by atoms with Gasteiger partial charge in [0.2, 0.25) is 5.91 Å². The number of likely N-dealkylation sites (N-methyl/N-ethyl adjacent to an activating group) is 2. The number of carbonyl (C=O) groups is 1. The van der Waals surface area contributed by atoms with Crippen LogP contribution in [-0.2, 0) is 17.6 Å². The molecule has 144 valence electrons. The lowest BCUT2D eigenvalue weighted by Gasteiger charge is -2.25. The largest absolute Gasteiger partial charge is 0.357 e. The summed E-state index contributed by atoms with van der Waals surface area (Å²) < 4.78 is 0. The monoisotopic (exact) mass is 481 g/mol. The zero-order valence-corrected chi connectivity index (χ0v) is 19.2. The first-order valence-electron chi connectivity index (χ1n) is 8.76. The molecule has 0 unspecified atom stereocenters. The number of nitrogens with one attached hydrogen (secondary N) is 1. The lowest BCUT2D eigenvalue weighted by Crippen LogP contribution is -2.45. The Morgan fingerprint density at radius 2 is 1.96 bits per heavy atom. The highest BCUT2D eigenvalue weighted by atomic mass is 127. The molecule has 0 saturated carbocycles. The maximum atomic E-state index is 12.2. The molecule has 0 bridgehead atoms. The van der Waals surface area contributed by atoms with E-state index >= 15 is 0 Å². The molecule has 0 radical (unpaired) electrons. The molecular formula is C17H32IN5OS. The van der Waals surface area contributed by atoms with Gasteiger partial charge in [0.05, 0.1) is 17.2 Å². The smallest absolute Gasteiger partial charge is 0.242 e. The zero-order valence-electron chi connectivity index (χ0n) is 16.0. The van der Waals surface area contributed by atoms with Crippen LogP contribution in [0, 0.1) is 0 Å². The minimum absolute atomic E-state index is 0. The molecule has 1 aromatic heterocycles. The van der Waals surface area contributed by atoms with Gasteiger partial charge in [-0.15, -0.1) is 35.3 Å². The van der Waals surface area contributed by atoms with Crippen molar-refractivity contribution in [2.75, 3.05) is 39.8 Å². The normalized spacial score (nSPS) is 11.0. The second-order valence-corrected chi connectivity index (χ2v) is 6.44. The number of rotatable bonds is 9. The van der Waals surface area contributed by atoms with Crippen molar-refractivity contribution in [2.45, 2.75) is 40.5 Å². The molecule has 0 aliphatic carbocycles. The number of halogens is 1. The van der Waals surface area contributed by atoms with E-state index in [9.17, 15) is 4.79 Å². The van der Waals surface area contributed by atoms with Crippen LogP contribution in [-0.4, -0.2) is 66.4 Å². The van der Waals surface area contributed by atoms with Gasteiger partial charge in [0, 0.05) is 45.0 Å². The van der Waals surface area contributed by atoms with Crippen molar-refractivity contribution in [2.24, 2.45) is 4.99 Å². The molecule has 0 saturated heterocycles. The van der Waals surface area contributed by atoms with Crippen LogP contribution in [0.2, 0.25) is 0 Å². The Morgan fingerprint density at radius 3 is 2.48 bits per heavy atom. The third kappa shape index (κ3) is 8.35. The Morgan fingerprint density at radius 1 is 1.28 bits per heavy atom. The van der Waals surface area contributed by atoms with Crippen LogP contribution in [0.1, 0.15) is 38.4 Å². The van der Waals surface area contributed by atoms with Crippen LogP contribution in [0.25, 0.3) is 0 Å². The number of carbonyl (C=O) groups excluding carboxylic acids is 1. The number of hydrogen-bond donors (Lipinski definition) is 1. The van der Waals surface area contributed by atoms with Gasteiger partial charge in [-0.2, -0.15) is 0 Å². The Kier molecular flexibility index (Phi) is 12.8. The van der Waals surface area contributed by atoms with E-state index in [2.05, 4.69) is 27.6 Å². The van der Waals surface area contributed by atoms with Gasteiger partial charge in [0.25, 0.3) is 0 Å². The molecule has 1 rings (SSSR count). The summed E-state index contributed by atoms with van der Waals surface area (Å²) in [7, 11) is 1.90. The van der Waals surface area contributed by atoms with Crippen molar-refractivity contribution in [1.29, 1.82) is 0 Å². The number of hydrogen-bond acceptors (Lipinski definition) is 4. The van der Waals surface area contributed by atoms with Crippen molar-refractivity contribution in [3.05, 3.63) is 16.1 Å². The molecular weight excluding hydrogens is 449 g/mol. The predicted molar refractivity (Wildman–Crippen MR) is 117 cm³/mol. The molecule has 0 atom stereocenters. The van der Waals surface area contributed by atoms with E-state index < -0.39 is 0 Å². The van der Waals surface area contributed by atoms with Gasteiger partial charge in [0.15, 0.2) is 5.96 Å². The second kappa shape index (κ2) is 13.3. The molecule has 0 spiro atoms. The average Bonchev–Trinajstić information content (AvgIpc) is 3.03. The van der Waals surface area contributed by atoms with Crippen LogP contribution in [0.3, 0.4) is 0 Å². The van der Waals surface area contributed by atoms with Crippen molar-refractivity contribution in [1.82, 2.24) is 20.1 Å². The van der Waals surface area contributed by atoms with Crippen molar-refractivity contribution < 1.29 is 4.79 Å². The fourth-order valence-electron chi connectivity index (χ4n) is 2.33. The van der Waals surface area contributed by atoms with Gasteiger partial charge in [-0.25, -0.2) is 4.98 Å². The second-order valence-electron chi connectivity index (χ2n) is 5.49. The number of aryl methyl sites for hydroxylation is 1. The van der Waals surface area contributed by atoms with Crippen molar-refractivity contribution in [3.63, 3.8) is 0 Å². The number of nitrogens with zero attached hydrogens (tertiary/aromatic N) is 4. The number of aromatic nitrogens is 1. The molecule has 0 aliphatic heterocycles. The first-order chi connectivity index (χ1) is 11.5. The van der Waals surface area contributed by atoms with E-state index in [0.717, 1.165) is 44.1 Å². The van der Waals surface area contributed by atoms with Gasteiger partial charge in [-0.05, 0) is 27.2 Å². The van der Waals surface area contributed by atoms with E-state index in [0.29, 0.717) is 13.1 Å². The molecule has 8 heteroatoms. The molecule has 1 heterocycles. The van der Waals surface area contributed by atoms with Crippen molar-refractivity contribution in [3.8, 4) is 0 Å². The molecule has 6 nitrogen and oxygen atoms in total. The summed E-state index contributed by atoms with van der Waals surface area (Å²) in [6.45, 7) is 11.4. The van der Waals surface area contributed by atoms with Crippen LogP contribution in [0.4, 0.5) is 0 Å². The summed E-state index contributed by atoms with van der Waals surface area (Å²) in [5, 5.41) is 6.53. The predicted octanol–water partition coefficient (Wildman–Crippen LogP) is 2.63. The SMILES string of the molecule is CCNC(=NCCc1csc(CC)n1)N(C)CC(=O)N(CC)CC.I. The summed E-state index contributed by atoms with van der Waals surface area (Å²) in [5.74, 6) is 0.893. The van der Waals surface area contributed by atoms with Gasteiger partial charge >= 0.3 is 0 Å². The minimum atomic E-state index is 0. The van der Waals surface area contributed by atoms with Crippen LogP contribution in [0.5, 0.6) is 0 Å². The lowest BCUT2D eigenvalue weighted by atomic mass is 10.3. The topological polar surface area (TPSA) is 60.8 Å². The average molecular weight is 481 g/mol. The van der Waals surface area contributed by atoms with E-state index in [1.165, 1.54) is 5.01 Å². The van der Waals surface area contributed by atoms with E-state index in [1.807, 2.05) is 37.6 Å². The molecule has 0 aliphatic rings. The Bertz CT molecular complexity index is 531. The molecule has 0 aromatic carbocycles. The maximum Gasteiger partial charge on any atom is 0.242 e. The quantitative estimate of drug-likeness (QED) is 0.335. The van der Waals surface area contributed by atoms with Gasteiger partial charge < -0.3 is 15.1 Å². The number of aliphatic imine (C=N–C) groups is 1. The summed E-state index contributed by atoms with van der Waals surface area (Å²) >= 11 is 1.71. The molecule has 1 N–H and O–H groups in total. The maximum absolute atomic E-state index is 12.2. The highest BCUT2D eigenvalue weighted by Crippen LogP contribution is 2.10. The molecule has 1 amide bonds. The van der Waals surface area contributed by atoms with Crippen LogP contribution >= 0.6 is 35.3 Å². The Balaban J connectivity index is 0.00000576. The molecule has 25 heavy (non-hydrogen) atoms. The molecule has 1 aromatic rings. The van der Waals surface area contributed by atoms with Gasteiger partial charge in [0.1, 0.15) is 0 Å². The lowest BCUT2D eigenvalue weighted by molar-refractivity contribution is -0.131. The highest BCUT2D eigenvalue weighted by molar-refractivity contribution is 14.0. The number of thiazole rings is 1. The van der Waals surface area contributed by atoms with E-state index in [-0.39, 0.29) is 29.9 Å². The highest BCUT2D eigenvalue weighted by Gasteiger charge is 2.14. The zero-order chi connectivity index (χ0) is 17.9. The summed E-state index contributed by atoms with van der Waals surface area (Å²) in [5.41, 5.74) is 1.10. The standard InChI is InChI=1S/C17H31N5OS.HI/c1-6-15-20-14(13-24-15)10-11-19-17(18-7-2)21(5)12-16(23)22(8-3)9-4;/h13H,6-12H2,1-5H3,(H,18,19);1H. The molecule has 0 fully saturated rings. The summed E-state index contributed by atoms with van der Waals surface area (Å²) in [4.78, 5) is 25.2. The van der Waals surface area contributed by atoms with Crippen molar-refractivity contribution >= 4 is 47.2 Å². The third-order valence-electron chi connectivity index (χ3n) is 3.72. The number of amides is 1. The summed E-state index contributed by atoms with van der Waals surface area (Å²) in [6.07, 6.45) is 1.80. The van der Waals surface area contributed by atoms with E-state index in [1.54, 1.807) is 11.3 Å².